The van der Waals surface area contributed by atoms with E-state index >= 15 is 0 Å². The molecule has 1 aliphatic rings. The van der Waals surface area contributed by atoms with E-state index in [1.807, 2.05) is 12.3 Å². The van der Waals surface area contributed by atoms with Gasteiger partial charge in [0.25, 0.3) is 0 Å². The smallest absolute Gasteiger partial charge is 0.0574 e. The average molecular weight is 160 g/mol. The lowest BCUT2D eigenvalue weighted by molar-refractivity contribution is 0.375. The van der Waals surface area contributed by atoms with Crippen LogP contribution in [0.15, 0.2) is 24.9 Å². The molecular formula is C10H12N2. The molecule has 0 bridgehead atoms. The van der Waals surface area contributed by atoms with Gasteiger partial charge in [-0.05, 0) is 24.6 Å². The van der Waals surface area contributed by atoms with Gasteiger partial charge >= 0.3 is 0 Å². The van der Waals surface area contributed by atoms with E-state index in [0.29, 0.717) is 6.04 Å². The van der Waals surface area contributed by atoms with Gasteiger partial charge in [-0.25, -0.2) is 0 Å². The largest absolute Gasteiger partial charge is 0.309 e. The van der Waals surface area contributed by atoms with Gasteiger partial charge in [-0.15, -0.1) is 0 Å². The van der Waals surface area contributed by atoms with Crippen LogP contribution in [0.25, 0.3) is 6.08 Å². The maximum atomic E-state index is 4.34. The van der Waals surface area contributed by atoms with Gasteiger partial charge in [-0.2, -0.15) is 0 Å². The second kappa shape index (κ2) is 3.07. The fraction of sp³-hybridized carbons (Fsp3) is 0.300. The molecule has 1 saturated heterocycles. The van der Waals surface area contributed by atoms with E-state index < -0.39 is 0 Å². The van der Waals surface area contributed by atoms with E-state index in [1.165, 1.54) is 6.42 Å². The Balaban J connectivity index is 2.18. The molecule has 2 heterocycles. The van der Waals surface area contributed by atoms with Crippen LogP contribution in [0, 0.1) is 0 Å². The number of rotatable bonds is 2. The first-order valence-electron chi connectivity index (χ1n) is 4.22. The van der Waals surface area contributed by atoms with Gasteiger partial charge in [-0.3, -0.25) is 4.98 Å². The average Bonchev–Trinajstić information content (AvgIpc) is 2.03. The Hall–Kier alpha value is -1.15. The van der Waals surface area contributed by atoms with Gasteiger partial charge in [0.2, 0.25) is 0 Å². The molecule has 0 unspecified atom stereocenters. The monoisotopic (exact) mass is 160 g/mol. The van der Waals surface area contributed by atoms with Crippen molar-refractivity contribution in [3.63, 3.8) is 0 Å². The first-order chi connectivity index (χ1) is 5.90. The second-order valence-corrected chi connectivity index (χ2v) is 3.02. The molecule has 0 saturated carbocycles. The fourth-order valence-corrected chi connectivity index (χ4v) is 1.28. The molecule has 1 N–H and O–H groups in total. The Morgan fingerprint density at radius 2 is 2.42 bits per heavy atom. The standard InChI is InChI=1S/C10H12N2/c1-2-8-3-4-9(12-7-8)10-5-6-11-10/h2-4,7,10-11H,1,5-6H2/t10-/m1/s1. The van der Waals surface area contributed by atoms with Crippen LogP contribution in [-0.2, 0) is 0 Å². The van der Waals surface area contributed by atoms with Crippen LogP contribution in [0.5, 0.6) is 0 Å². The van der Waals surface area contributed by atoms with Crippen LogP contribution in [0.1, 0.15) is 23.7 Å². The van der Waals surface area contributed by atoms with E-state index in [4.69, 9.17) is 0 Å². The first kappa shape index (κ1) is 7.50. The predicted octanol–water partition coefficient (Wildman–Crippen LogP) is 1.76. The van der Waals surface area contributed by atoms with E-state index in [1.54, 1.807) is 0 Å². The van der Waals surface area contributed by atoms with E-state index in [9.17, 15) is 0 Å². The minimum Gasteiger partial charge on any atom is -0.309 e. The summed E-state index contributed by atoms with van der Waals surface area (Å²) in [7, 11) is 0. The Morgan fingerprint density at radius 1 is 1.58 bits per heavy atom. The summed E-state index contributed by atoms with van der Waals surface area (Å²) in [4.78, 5) is 4.34. The molecule has 0 aliphatic carbocycles. The molecule has 0 spiro atoms. The Bertz CT molecular complexity index is 272. The topological polar surface area (TPSA) is 24.9 Å². The molecule has 2 rings (SSSR count). The highest BCUT2D eigenvalue weighted by atomic mass is 15.0. The molecule has 12 heavy (non-hydrogen) atoms. The fourth-order valence-electron chi connectivity index (χ4n) is 1.28. The van der Waals surface area contributed by atoms with Crippen molar-refractivity contribution in [2.24, 2.45) is 0 Å². The normalized spacial score (nSPS) is 21.5. The van der Waals surface area contributed by atoms with Crippen molar-refractivity contribution in [2.45, 2.75) is 12.5 Å². The molecule has 1 aromatic heterocycles. The summed E-state index contributed by atoms with van der Waals surface area (Å²) in [5.41, 5.74) is 2.23. The number of nitrogens with one attached hydrogen (secondary N) is 1. The lowest BCUT2D eigenvalue weighted by Crippen LogP contribution is -2.35. The third-order valence-corrected chi connectivity index (χ3v) is 2.23. The molecule has 1 aromatic rings. The number of pyridine rings is 1. The zero-order valence-electron chi connectivity index (χ0n) is 6.96. The first-order valence-corrected chi connectivity index (χ1v) is 4.22. The minimum atomic E-state index is 0.490. The highest BCUT2D eigenvalue weighted by Crippen LogP contribution is 2.20. The summed E-state index contributed by atoms with van der Waals surface area (Å²) >= 11 is 0. The highest BCUT2D eigenvalue weighted by molar-refractivity contribution is 5.45. The van der Waals surface area contributed by atoms with Crippen LogP contribution in [0.3, 0.4) is 0 Å². The second-order valence-electron chi connectivity index (χ2n) is 3.02. The van der Waals surface area contributed by atoms with Crippen molar-refractivity contribution in [3.05, 3.63) is 36.2 Å². The van der Waals surface area contributed by atoms with Gasteiger partial charge in [0.05, 0.1) is 11.7 Å². The molecular weight excluding hydrogens is 148 g/mol. The summed E-state index contributed by atoms with van der Waals surface area (Å²) < 4.78 is 0. The highest BCUT2D eigenvalue weighted by Gasteiger charge is 2.18. The molecule has 62 valence electrons. The van der Waals surface area contributed by atoms with Gasteiger partial charge < -0.3 is 5.32 Å². The Labute approximate surface area is 72.3 Å². The van der Waals surface area contributed by atoms with Crippen LogP contribution in [0.2, 0.25) is 0 Å². The lowest BCUT2D eigenvalue weighted by Gasteiger charge is -2.26. The van der Waals surface area contributed by atoms with Crippen molar-refractivity contribution in [1.29, 1.82) is 0 Å². The predicted molar refractivity (Wildman–Crippen MR) is 49.7 cm³/mol. The van der Waals surface area contributed by atoms with Crippen molar-refractivity contribution >= 4 is 6.08 Å². The van der Waals surface area contributed by atoms with Gasteiger partial charge in [-0.1, -0.05) is 18.7 Å². The third-order valence-electron chi connectivity index (χ3n) is 2.23. The molecule has 2 heteroatoms. The Kier molecular flexibility index (Phi) is 1.92. The van der Waals surface area contributed by atoms with E-state index in [-0.39, 0.29) is 0 Å². The van der Waals surface area contributed by atoms with E-state index in [2.05, 4.69) is 29.0 Å². The number of hydrogen-bond donors (Lipinski definition) is 1. The van der Waals surface area contributed by atoms with E-state index in [0.717, 1.165) is 17.8 Å². The van der Waals surface area contributed by atoms with Crippen LogP contribution in [-0.4, -0.2) is 11.5 Å². The van der Waals surface area contributed by atoms with Crippen molar-refractivity contribution in [3.8, 4) is 0 Å². The SMILES string of the molecule is C=Cc1ccc([C@H]2CCN2)nc1. The molecule has 1 aliphatic heterocycles. The molecule has 0 aromatic carbocycles. The number of hydrogen-bond acceptors (Lipinski definition) is 2. The van der Waals surface area contributed by atoms with Gasteiger partial charge in [0, 0.05) is 6.20 Å². The molecule has 2 nitrogen and oxygen atoms in total. The summed E-state index contributed by atoms with van der Waals surface area (Å²) in [6, 6.07) is 4.60. The van der Waals surface area contributed by atoms with Crippen molar-refractivity contribution in [2.75, 3.05) is 6.54 Å². The molecule has 1 atom stereocenters. The quantitative estimate of drug-likeness (QED) is 0.713. The van der Waals surface area contributed by atoms with Crippen LogP contribution < -0.4 is 5.32 Å². The summed E-state index contributed by atoms with van der Waals surface area (Å²) in [6.45, 7) is 4.80. The number of nitrogens with zero attached hydrogens (tertiary/aromatic N) is 1. The molecule has 1 fully saturated rings. The van der Waals surface area contributed by atoms with Crippen molar-refractivity contribution < 1.29 is 0 Å². The molecule has 0 radical (unpaired) electrons. The van der Waals surface area contributed by atoms with Crippen molar-refractivity contribution in [1.82, 2.24) is 10.3 Å². The minimum absolute atomic E-state index is 0.490. The van der Waals surface area contributed by atoms with Gasteiger partial charge in [0.1, 0.15) is 0 Å². The summed E-state index contributed by atoms with van der Waals surface area (Å²) in [6.07, 6.45) is 4.88. The van der Waals surface area contributed by atoms with Crippen LogP contribution in [0.4, 0.5) is 0 Å². The summed E-state index contributed by atoms with van der Waals surface area (Å²) in [5, 5.41) is 3.31. The maximum absolute atomic E-state index is 4.34. The summed E-state index contributed by atoms with van der Waals surface area (Å²) in [5.74, 6) is 0. The third kappa shape index (κ3) is 1.25. The zero-order valence-corrected chi connectivity index (χ0v) is 6.96. The zero-order chi connectivity index (χ0) is 8.39. The van der Waals surface area contributed by atoms with Gasteiger partial charge in [0.15, 0.2) is 0 Å². The Morgan fingerprint density at radius 3 is 2.83 bits per heavy atom. The molecule has 0 amide bonds. The number of aromatic nitrogens is 1. The lowest BCUT2D eigenvalue weighted by atomic mass is 10.0. The maximum Gasteiger partial charge on any atom is 0.0574 e. The van der Waals surface area contributed by atoms with Crippen LogP contribution >= 0.6 is 0 Å².